The van der Waals surface area contributed by atoms with Crippen LogP contribution in [0.4, 0.5) is 0 Å². The van der Waals surface area contributed by atoms with Gasteiger partial charge in [0.1, 0.15) is 0 Å². The van der Waals surface area contributed by atoms with Gasteiger partial charge in [0.05, 0.1) is 17.0 Å². The molecule has 5 heteroatoms. The highest BCUT2D eigenvalue weighted by atomic mass is 79.9. The Balaban J connectivity index is 2.77. The number of carbonyl (C=O) groups is 1. The summed E-state index contributed by atoms with van der Waals surface area (Å²) in [6.07, 6.45) is 0.712. The molecule has 0 fully saturated rings. The van der Waals surface area contributed by atoms with E-state index in [0.29, 0.717) is 24.4 Å². The molecule has 0 aliphatic rings. The zero-order valence-electron chi connectivity index (χ0n) is 10.5. The van der Waals surface area contributed by atoms with Crippen LogP contribution in [0.1, 0.15) is 35.6 Å². The Bertz CT molecular complexity index is 395. The minimum Gasteiger partial charge on any atom is -0.352 e. The molecule has 1 aromatic rings. The predicted molar refractivity (Wildman–Crippen MR) is 71.4 cm³/mol. The molecule has 4 nitrogen and oxygen atoms in total. The third-order valence-corrected chi connectivity index (χ3v) is 3.55. The van der Waals surface area contributed by atoms with Gasteiger partial charge in [-0.25, -0.2) is 0 Å². The van der Waals surface area contributed by atoms with E-state index in [4.69, 9.17) is 0 Å². The zero-order valence-corrected chi connectivity index (χ0v) is 12.0. The lowest BCUT2D eigenvalue weighted by Crippen LogP contribution is -2.30. The number of hydrogen-bond acceptors (Lipinski definition) is 3. The van der Waals surface area contributed by atoms with Crippen LogP contribution in [0.3, 0.4) is 0 Å². The van der Waals surface area contributed by atoms with Crippen molar-refractivity contribution in [2.45, 2.75) is 27.2 Å². The van der Waals surface area contributed by atoms with Gasteiger partial charge in [0.2, 0.25) is 0 Å². The van der Waals surface area contributed by atoms with Crippen LogP contribution >= 0.6 is 15.9 Å². The number of nitrogens with one attached hydrogen (secondary N) is 1. The highest BCUT2D eigenvalue weighted by Crippen LogP contribution is 2.08. The lowest BCUT2D eigenvalue weighted by molar-refractivity contribution is 0.0947. The molecule has 0 radical (unpaired) electrons. The lowest BCUT2D eigenvalue weighted by Gasteiger charge is -2.11. The number of carbonyl (C=O) groups excluding carboxylic acids is 1. The second-order valence-electron chi connectivity index (χ2n) is 4.17. The number of aromatic nitrogens is 2. The van der Waals surface area contributed by atoms with E-state index in [9.17, 15) is 4.79 Å². The molecule has 0 spiro atoms. The van der Waals surface area contributed by atoms with E-state index in [0.717, 1.165) is 16.7 Å². The number of nitrogens with zero attached hydrogens (tertiary/aromatic N) is 2. The Hall–Kier alpha value is -0.970. The highest BCUT2D eigenvalue weighted by Gasteiger charge is 2.13. The summed E-state index contributed by atoms with van der Waals surface area (Å²) in [5, 5.41) is 11.8. The smallest absolute Gasteiger partial charge is 0.253 e. The topological polar surface area (TPSA) is 54.9 Å². The maximum absolute atomic E-state index is 12.0. The molecule has 1 atom stereocenters. The van der Waals surface area contributed by atoms with Crippen LogP contribution in [0.5, 0.6) is 0 Å². The van der Waals surface area contributed by atoms with E-state index < -0.39 is 0 Å². The number of amides is 1. The van der Waals surface area contributed by atoms with Crippen LogP contribution in [0, 0.1) is 12.8 Å². The van der Waals surface area contributed by atoms with Gasteiger partial charge >= 0.3 is 0 Å². The van der Waals surface area contributed by atoms with E-state index in [1.54, 1.807) is 6.07 Å². The average Bonchev–Trinajstić information content (AvgIpc) is 2.35. The first-order valence-corrected chi connectivity index (χ1v) is 6.88. The van der Waals surface area contributed by atoms with Gasteiger partial charge in [-0.15, -0.1) is 0 Å². The largest absolute Gasteiger partial charge is 0.352 e. The monoisotopic (exact) mass is 299 g/mol. The Labute approximate surface area is 110 Å². The van der Waals surface area contributed by atoms with Crippen molar-refractivity contribution in [1.82, 2.24) is 15.5 Å². The van der Waals surface area contributed by atoms with Crippen molar-refractivity contribution < 1.29 is 4.79 Å². The van der Waals surface area contributed by atoms with Crippen molar-refractivity contribution in [3.05, 3.63) is 23.0 Å². The molecule has 0 aromatic carbocycles. The minimum atomic E-state index is -0.0624. The molecule has 0 saturated heterocycles. The summed E-state index contributed by atoms with van der Waals surface area (Å²) >= 11 is 3.39. The Morgan fingerprint density at radius 2 is 2.24 bits per heavy atom. The van der Waals surface area contributed by atoms with E-state index in [1.165, 1.54) is 0 Å². The van der Waals surface area contributed by atoms with Crippen LogP contribution in [0.15, 0.2) is 6.07 Å². The third-order valence-electron chi connectivity index (χ3n) is 2.45. The molecule has 1 N–H and O–H groups in total. The first-order valence-electron chi connectivity index (χ1n) is 5.75. The van der Waals surface area contributed by atoms with Crippen molar-refractivity contribution >= 4 is 21.8 Å². The second-order valence-corrected chi connectivity index (χ2v) is 4.82. The zero-order chi connectivity index (χ0) is 12.8. The Morgan fingerprint density at radius 1 is 1.53 bits per heavy atom. The van der Waals surface area contributed by atoms with Crippen LogP contribution in [-0.4, -0.2) is 28.0 Å². The first kappa shape index (κ1) is 14.1. The molecule has 0 bridgehead atoms. The number of alkyl halides is 1. The van der Waals surface area contributed by atoms with Gasteiger partial charge < -0.3 is 5.32 Å². The highest BCUT2D eigenvalue weighted by molar-refractivity contribution is 9.09. The summed E-state index contributed by atoms with van der Waals surface area (Å²) in [5.74, 6) is 0.354. The summed E-state index contributed by atoms with van der Waals surface area (Å²) in [6, 6.07) is 1.79. The second kappa shape index (κ2) is 6.69. The van der Waals surface area contributed by atoms with Crippen LogP contribution in [0.2, 0.25) is 0 Å². The Kier molecular flexibility index (Phi) is 5.55. The maximum Gasteiger partial charge on any atom is 0.253 e. The van der Waals surface area contributed by atoms with Gasteiger partial charge in [0.25, 0.3) is 5.91 Å². The number of rotatable bonds is 5. The molecule has 0 saturated carbocycles. The third kappa shape index (κ3) is 4.07. The van der Waals surface area contributed by atoms with E-state index in [-0.39, 0.29) is 5.91 Å². The van der Waals surface area contributed by atoms with Gasteiger partial charge in [-0.2, -0.15) is 10.2 Å². The SMILES string of the molecule is CCc1nnc(C)cc1C(=O)NCC(C)CBr. The summed E-state index contributed by atoms with van der Waals surface area (Å²) < 4.78 is 0. The van der Waals surface area contributed by atoms with E-state index >= 15 is 0 Å². The number of aryl methyl sites for hydroxylation is 2. The van der Waals surface area contributed by atoms with Crippen molar-refractivity contribution in [1.29, 1.82) is 0 Å². The molecule has 0 aliphatic heterocycles. The molecule has 1 heterocycles. The van der Waals surface area contributed by atoms with Crippen LogP contribution < -0.4 is 5.32 Å². The van der Waals surface area contributed by atoms with Crippen LogP contribution in [0.25, 0.3) is 0 Å². The average molecular weight is 300 g/mol. The molecule has 1 aromatic heterocycles. The fourth-order valence-electron chi connectivity index (χ4n) is 1.39. The molecular weight excluding hydrogens is 282 g/mol. The van der Waals surface area contributed by atoms with Crippen LogP contribution in [-0.2, 0) is 6.42 Å². The summed E-state index contributed by atoms with van der Waals surface area (Å²) in [6.45, 7) is 6.54. The fraction of sp³-hybridized carbons (Fsp3) is 0.583. The Morgan fingerprint density at radius 3 is 2.82 bits per heavy atom. The molecule has 94 valence electrons. The number of halogens is 1. The fourth-order valence-corrected chi connectivity index (χ4v) is 1.62. The summed E-state index contributed by atoms with van der Waals surface area (Å²) in [5.41, 5.74) is 2.15. The van der Waals surface area contributed by atoms with Crippen molar-refractivity contribution in [3.8, 4) is 0 Å². The van der Waals surface area contributed by atoms with Gasteiger partial charge in [0.15, 0.2) is 0 Å². The first-order chi connectivity index (χ1) is 8.08. The van der Waals surface area contributed by atoms with Crippen molar-refractivity contribution in [3.63, 3.8) is 0 Å². The van der Waals surface area contributed by atoms with Gasteiger partial charge in [-0.3, -0.25) is 4.79 Å². The molecule has 1 unspecified atom stereocenters. The van der Waals surface area contributed by atoms with Gasteiger partial charge in [-0.1, -0.05) is 29.8 Å². The molecular formula is C12H18BrN3O. The van der Waals surface area contributed by atoms with Gasteiger partial charge in [0, 0.05) is 11.9 Å². The maximum atomic E-state index is 12.0. The summed E-state index contributed by atoms with van der Waals surface area (Å²) in [7, 11) is 0. The van der Waals surface area contributed by atoms with E-state index in [2.05, 4.69) is 38.4 Å². The molecule has 1 amide bonds. The standard InChI is InChI=1S/C12H18BrN3O/c1-4-11-10(5-9(3)15-16-11)12(17)14-7-8(2)6-13/h5,8H,4,6-7H2,1-3H3,(H,14,17). The number of hydrogen-bond donors (Lipinski definition) is 1. The quantitative estimate of drug-likeness (QED) is 0.847. The van der Waals surface area contributed by atoms with Crippen molar-refractivity contribution in [2.75, 3.05) is 11.9 Å². The molecule has 0 aliphatic carbocycles. The molecule has 1 rings (SSSR count). The summed E-state index contributed by atoms with van der Waals surface area (Å²) in [4.78, 5) is 12.0. The molecule has 17 heavy (non-hydrogen) atoms. The van der Waals surface area contributed by atoms with E-state index in [1.807, 2.05) is 13.8 Å². The van der Waals surface area contributed by atoms with Crippen molar-refractivity contribution in [2.24, 2.45) is 5.92 Å². The normalized spacial score (nSPS) is 12.2. The minimum absolute atomic E-state index is 0.0624. The lowest BCUT2D eigenvalue weighted by atomic mass is 10.1. The van der Waals surface area contributed by atoms with Gasteiger partial charge in [-0.05, 0) is 25.3 Å². The predicted octanol–water partition coefficient (Wildman–Crippen LogP) is 2.11.